The van der Waals surface area contributed by atoms with Gasteiger partial charge in [0.2, 0.25) is 0 Å². The minimum Gasteiger partial charge on any atom is -0.398 e. The maximum Gasteiger partial charge on any atom is 0.183 e. The van der Waals surface area contributed by atoms with E-state index in [4.69, 9.17) is 5.73 Å². The first kappa shape index (κ1) is 15.0. The van der Waals surface area contributed by atoms with Gasteiger partial charge in [-0.1, -0.05) is 26.8 Å². The molecular weight excluding hydrogens is 318 g/mol. The second-order valence-corrected chi connectivity index (χ2v) is 5.70. The SMILES string of the molecule is CCC(CC)(CC)n1nnnc1-c1cccc(N)c1Br. The minimum absolute atomic E-state index is 0.0527. The summed E-state index contributed by atoms with van der Waals surface area (Å²) in [5.41, 5.74) is 7.52. The van der Waals surface area contributed by atoms with E-state index >= 15 is 0 Å². The van der Waals surface area contributed by atoms with Crippen LogP contribution in [0.4, 0.5) is 5.69 Å². The molecule has 0 fully saturated rings. The second kappa shape index (κ2) is 5.91. The summed E-state index contributed by atoms with van der Waals surface area (Å²) < 4.78 is 2.79. The van der Waals surface area contributed by atoms with Crippen molar-refractivity contribution in [2.45, 2.75) is 45.6 Å². The van der Waals surface area contributed by atoms with Crippen molar-refractivity contribution in [1.82, 2.24) is 20.2 Å². The van der Waals surface area contributed by atoms with E-state index in [0.717, 1.165) is 35.1 Å². The number of tetrazole rings is 1. The Hall–Kier alpha value is -1.43. The van der Waals surface area contributed by atoms with Crippen LogP contribution < -0.4 is 5.73 Å². The summed E-state index contributed by atoms with van der Waals surface area (Å²) in [7, 11) is 0. The highest BCUT2D eigenvalue weighted by Gasteiger charge is 2.31. The Morgan fingerprint density at radius 3 is 2.45 bits per heavy atom. The molecule has 0 aliphatic heterocycles. The van der Waals surface area contributed by atoms with Crippen LogP contribution in [0.3, 0.4) is 0 Å². The second-order valence-electron chi connectivity index (χ2n) is 4.91. The molecule has 0 bridgehead atoms. The maximum absolute atomic E-state index is 5.96. The van der Waals surface area contributed by atoms with Crippen molar-refractivity contribution >= 4 is 21.6 Å². The molecule has 1 aromatic carbocycles. The Balaban J connectivity index is 2.61. The summed E-state index contributed by atoms with van der Waals surface area (Å²) in [5, 5.41) is 12.3. The molecule has 5 nitrogen and oxygen atoms in total. The molecule has 0 unspecified atom stereocenters. The molecule has 0 saturated heterocycles. The average molecular weight is 338 g/mol. The van der Waals surface area contributed by atoms with Crippen LogP contribution >= 0.6 is 15.9 Å². The number of hydrogen-bond donors (Lipinski definition) is 1. The molecule has 0 atom stereocenters. The van der Waals surface area contributed by atoms with E-state index in [1.807, 2.05) is 22.9 Å². The Kier molecular flexibility index (Phi) is 4.42. The van der Waals surface area contributed by atoms with Gasteiger partial charge in [0, 0.05) is 11.3 Å². The average Bonchev–Trinajstić information content (AvgIpc) is 2.94. The normalized spacial score (nSPS) is 11.8. The number of aromatic nitrogens is 4. The van der Waals surface area contributed by atoms with E-state index in [1.54, 1.807) is 0 Å². The van der Waals surface area contributed by atoms with Crippen LogP contribution in [-0.2, 0) is 5.54 Å². The molecule has 1 heterocycles. The zero-order valence-electron chi connectivity index (χ0n) is 12.1. The summed E-state index contributed by atoms with van der Waals surface area (Å²) >= 11 is 3.53. The molecule has 0 saturated carbocycles. The van der Waals surface area contributed by atoms with Gasteiger partial charge < -0.3 is 5.73 Å². The number of hydrogen-bond acceptors (Lipinski definition) is 4. The van der Waals surface area contributed by atoms with Crippen LogP contribution in [0.2, 0.25) is 0 Å². The summed E-state index contributed by atoms with van der Waals surface area (Å²) in [4.78, 5) is 0. The van der Waals surface area contributed by atoms with Gasteiger partial charge in [0.15, 0.2) is 5.82 Å². The van der Waals surface area contributed by atoms with E-state index in [0.29, 0.717) is 5.69 Å². The van der Waals surface area contributed by atoms with E-state index in [2.05, 4.69) is 52.2 Å². The predicted octanol–water partition coefficient (Wildman–Crippen LogP) is 3.61. The molecule has 2 N–H and O–H groups in total. The Morgan fingerprint density at radius 1 is 1.20 bits per heavy atom. The van der Waals surface area contributed by atoms with E-state index in [9.17, 15) is 0 Å². The minimum atomic E-state index is -0.0527. The van der Waals surface area contributed by atoms with Crippen molar-refractivity contribution in [3.05, 3.63) is 22.7 Å². The van der Waals surface area contributed by atoms with Gasteiger partial charge in [-0.15, -0.1) is 5.10 Å². The van der Waals surface area contributed by atoms with E-state index in [-0.39, 0.29) is 5.54 Å². The molecule has 0 aliphatic rings. The van der Waals surface area contributed by atoms with Gasteiger partial charge in [-0.3, -0.25) is 0 Å². The fourth-order valence-electron chi connectivity index (χ4n) is 2.60. The lowest BCUT2D eigenvalue weighted by Crippen LogP contribution is -2.33. The third kappa shape index (κ3) is 2.32. The number of nitrogens with two attached hydrogens (primary N) is 1. The van der Waals surface area contributed by atoms with Crippen LogP contribution in [0, 0.1) is 0 Å². The highest BCUT2D eigenvalue weighted by Crippen LogP contribution is 2.36. The van der Waals surface area contributed by atoms with Crippen LogP contribution in [-0.4, -0.2) is 20.2 Å². The van der Waals surface area contributed by atoms with Gasteiger partial charge in [0.1, 0.15) is 0 Å². The van der Waals surface area contributed by atoms with Gasteiger partial charge in [0.05, 0.1) is 10.0 Å². The number of rotatable bonds is 5. The molecule has 2 rings (SSSR count). The molecule has 20 heavy (non-hydrogen) atoms. The van der Waals surface area contributed by atoms with Crippen molar-refractivity contribution in [3.8, 4) is 11.4 Å². The zero-order chi connectivity index (χ0) is 14.8. The number of anilines is 1. The molecule has 0 spiro atoms. The van der Waals surface area contributed by atoms with Crippen molar-refractivity contribution in [3.63, 3.8) is 0 Å². The summed E-state index contributed by atoms with van der Waals surface area (Å²) in [5.74, 6) is 0.759. The van der Waals surface area contributed by atoms with Gasteiger partial charge in [-0.2, -0.15) is 0 Å². The summed E-state index contributed by atoms with van der Waals surface area (Å²) in [6.07, 6.45) is 2.95. The first-order valence-electron chi connectivity index (χ1n) is 6.92. The fraction of sp³-hybridized carbons (Fsp3) is 0.500. The molecule has 0 amide bonds. The topological polar surface area (TPSA) is 69.6 Å². The highest BCUT2D eigenvalue weighted by atomic mass is 79.9. The largest absolute Gasteiger partial charge is 0.398 e. The lowest BCUT2D eigenvalue weighted by molar-refractivity contribution is 0.223. The van der Waals surface area contributed by atoms with Gasteiger partial charge >= 0.3 is 0 Å². The standard InChI is InChI=1S/C14H20BrN5/c1-4-14(5-2,6-3)20-13(17-18-19-20)10-8-7-9-11(16)12(10)15/h7-9H,4-6,16H2,1-3H3. The van der Waals surface area contributed by atoms with E-state index < -0.39 is 0 Å². The Morgan fingerprint density at radius 2 is 1.85 bits per heavy atom. The van der Waals surface area contributed by atoms with Crippen LogP contribution in [0.15, 0.2) is 22.7 Å². The quantitative estimate of drug-likeness (QED) is 0.846. The highest BCUT2D eigenvalue weighted by molar-refractivity contribution is 9.10. The van der Waals surface area contributed by atoms with Crippen LogP contribution in [0.1, 0.15) is 40.0 Å². The van der Waals surface area contributed by atoms with Crippen molar-refractivity contribution in [2.75, 3.05) is 5.73 Å². The molecule has 1 aromatic heterocycles. The number of halogens is 1. The predicted molar refractivity (Wildman–Crippen MR) is 84.2 cm³/mol. The molecule has 0 aliphatic carbocycles. The van der Waals surface area contributed by atoms with Crippen LogP contribution in [0.25, 0.3) is 11.4 Å². The third-order valence-electron chi connectivity index (χ3n) is 4.16. The lowest BCUT2D eigenvalue weighted by Gasteiger charge is -2.31. The van der Waals surface area contributed by atoms with Gasteiger partial charge in [0.25, 0.3) is 0 Å². The molecular formula is C14H20BrN5. The van der Waals surface area contributed by atoms with E-state index in [1.165, 1.54) is 0 Å². The number of nitrogens with zero attached hydrogens (tertiary/aromatic N) is 4. The van der Waals surface area contributed by atoms with Crippen molar-refractivity contribution in [1.29, 1.82) is 0 Å². The molecule has 0 radical (unpaired) electrons. The molecule has 108 valence electrons. The first-order chi connectivity index (χ1) is 9.59. The third-order valence-corrected chi connectivity index (χ3v) is 5.05. The summed E-state index contributed by atoms with van der Waals surface area (Å²) in [6, 6.07) is 5.75. The Bertz CT molecular complexity index is 581. The van der Waals surface area contributed by atoms with Gasteiger partial charge in [-0.25, -0.2) is 4.68 Å². The zero-order valence-corrected chi connectivity index (χ0v) is 13.7. The van der Waals surface area contributed by atoms with Crippen molar-refractivity contribution in [2.24, 2.45) is 0 Å². The maximum atomic E-state index is 5.96. The fourth-order valence-corrected chi connectivity index (χ4v) is 3.04. The lowest BCUT2D eigenvalue weighted by atomic mass is 9.89. The summed E-state index contributed by atoms with van der Waals surface area (Å²) in [6.45, 7) is 6.52. The van der Waals surface area contributed by atoms with Crippen LogP contribution in [0.5, 0.6) is 0 Å². The monoisotopic (exact) mass is 337 g/mol. The van der Waals surface area contributed by atoms with Gasteiger partial charge in [-0.05, 0) is 57.8 Å². The smallest absolute Gasteiger partial charge is 0.183 e. The first-order valence-corrected chi connectivity index (χ1v) is 7.72. The Labute approximate surface area is 127 Å². The molecule has 6 heteroatoms. The number of benzene rings is 1. The molecule has 2 aromatic rings. The number of nitrogen functional groups attached to an aromatic ring is 1. The van der Waals surface area contributed by atoms with Crippen molar-refractivity contribution < 1.29 is 0 Å².